The van der Waals surface area contributed by atoms with Gasteiger partial charge in [0, 0.05) is 18.3 Å². The number of rotatable bonds is 6. The van der Waals surface area contributed by atoms with Crippen molar-refractivity contribution < 1.29 is 14.6 Å². The molecule has 2 aromatic heterocycles. The Kier molecular flexibility index (Phi) is 5.52. The topological polar surface area (TPSA) is 151 Å². The predicted octanol–water partition coefficient (Wildman–Crippen LogP) is 3.23. The van der Waals surface area contributed by atoms with Gasteiger partial charge in [-0.2, -0.15) is 10.2 Å². The summed E-state index contributed by atoms with van der Waals surface area (Å²) in [5, 5.41) is 33.7. The average molecular weight is 434 g/mol. The van der Waals surface area contributed by atoms with Gasteiger partial charge in [-0.3, -0.25) is 29.7 Å². The van der Waals surface area contributed by atoms with Crippen molar-refractivity contribution in [2.24, 2.45) is 0 Å². The molecular formula is C17H16ClN7O5. The lowest BCUT2D eigenvalue weighted by atomic mass is 10.1. The summed E-state index contributed by atoms with van der Waals surface area (Å²) < 4.78 is 3.09. The van der Waals surface area contributed by atoms with E-state index in [0.717, 1.165) is 17.8 Å². The molecule has 0 radical (unpaired) electrons. The minimum atomic E-state index is -0.744. The van der Waals surface area contributed by atoms with Crippen LogP contribution in [0.15, 0.2) is 24.4 Å². The lowest BCUT2D eigenvalue weighted by molar-refractivity contribution is -0.395. The number of aromatic nitrogens is 4. The van der Waals surface area contributed by atoms with Crippen LogP contribution in [0.4, 0.5) is 17.1 Å². The van der Waals surface area contributed by atoms with Gasteiger partial charge in [-0.1, -0.05) is 11.6 Å². The molecule has 0 aliphatic rings. The quantitative estimate of drug-likeness (QED) is 0.462. The van der Waals surface area contributed by atoms with Gasteiger partial charge in [0.25, 0.3) is 17.3 Å². The smallest absolute Gasteiger partial charge is 0.281 e. The summed E-state index contributed by atoms with van der Waals surface area (Å²) in [4.78, 5) is 33.3. The van der Waals surface area contributed by atoms with Crippen molar-refractivity contribution in [3.05, 3.63) is 72.3 Å². The zero-order chi connectivity index (χ0) is 22.2. The Labute approximate surface area is 174 Å². The molecule has 3 rings (SSSR count). The fourth-order valence-electron chi connectivity index (χ4n) is 2.84. The van der Waals surface area contributed by atoms with E-state index in [4.69, 9.17) is 11.6 Å². The third kappa shape index (κ3) is 3.98. The number of anilines is 1. The highest BCUT2D eigenvalue weighted by Gasteiger charge is 2.24. The second-order valence-electron chi connectivity index (χ2n) is 6.47. The molecule has 13 heteroatoms. The molecule has 0 atom stereocenters. The highest BCUT2D eigenvalue weighted by Crippen LogP contribution is 2.31. The van der Waals surface area contributed by atoms with Crippen molar-refractivity contribution in [1.29, 1.82) is 0 Å². The van der Waals surface area contributed by atoms with E-state index in [9.17, 15) is 25.0 Å². The molecule has 0 unspecified atom stereocenters. The number of hydrogen-bond donors (Lipinski definition) is 1. The Morgan fingerprint density at radius 3 is 2.23 bits per heavy atom. The molecule has 2 heterocycles. The summed E-state index contributed by atoms with van der Waals surface area (Å²) in [6, 6.07) is 3.57. The van der Waals surface area contributed by atoms with Gasteiger partial charge in [0.2, 0.25) is 0 Å². The fraction of sp³-hybridized carbons (Fsp3) is 0.235. The number of carbonyl (C=O) groups is 1. The number of benzene rings is 1. The summed E-state index contributed by atoms with van der Waals surface area (Å²) in [7, 11) is 0. The molecule has 0 aliphatic carbocycles. The van der Waals surface area contributed by atoms with Crippen molar-refractivity contribution >= 4 is 34.6 Å². The summed E-state index contributed by atoms with van der Waals surface area (Å²) in [6.45, 7) is 5.06. The number of halogens is 1. The Balaban J connectivity index is 1.82. The van der Waals surface area contributed by atoms with Crippen LogP contribution in [0, 0.1) is 41.0 Å². The van der Waals surface area contributed by atoms with Crippen LogP contribution >= 0.6 is 11.6 Å². The number of amides is 1. The van der Waals surface area contributed by atoms with Crippen molar-refractivity contribution in [2.75, 3.05) is 5.32 Å². The highest BCUT2D eigenvalue weighted by atomic mass is 35.5. The van der Waals surface area contributed by atoms with Gasteiger partial charge in [0.05, 0.1) is 31.9 Å². The standard InChI is InChI=1S/C17H16ClN7O5/c1-9-14(24(27)28)6-12(7-15(9)25(29)30)19-17(26)13-4-5-22(21-13)8-23-11(3)16(18)10(2)20-23/h4-7H,8H2,1-3H3,(H,19,26). The Bertz CT molecular complexity index is 1150. The van der Waals surface area contributed by atoms with Crippen LogP contribution in [0.5, 0.6) is 0 Å². The van der Waals surface area contributed by atoms with Crippen LogP contribution in [0.1, 0.15) is 27.4 Å². The van der Waals surface area contributed by atoms with E-state index in [1.54, 1.807) is 24.7 Å². The van der Waals surface area contributed by atoms with Gasteiger partial charge in [-0.15, -0.1) is 0 Å². The van der Waals surface area contributed by atoms with Crippen LogP contribution in [-0.2, 0) is 6.67 Å². The third-order valence-corrected chi connectivity index (χ3v) is 5.00. The van der Waals surface area contributed by atoms with Gasteiger partial charge in [0.15, 0.2) is 5.69 Å². The number of nitro groups is 2. The van der Waals surface area contributed by atoms with E-state index < -0.39 is 27.1 Å². The average Bonchev–Trinajstić information content (AvgIpc) is 3.23. The van der Waals surface area contributed by atoms with Gasteiger partial charge in [-0.25, -0.2) is 4.68 Å². The monoisotopic (exact) mass is 433 g/mol. The minimum absolute atomic E-state index is 0.0218. The molecule has 1 aromatic carbocycles. The highest BCUT2D eigenvalue weighted by molar-refractivity contribution is 6.31. The van der Waals surface area contributed by atoms with Crippen LogP contribution in [0.3, 0.4) is 0 Å². The first-order valence-electron chi connectivity index (χ1n) is 8.56. The Hall–Kier alpha value is -3.80. The molecule has 0 aliphatic heterocycles. The molecular weight excluding hydrogens is 418 g/mol. The lowest BCUT2D eigenvalue weighted by Crippen LogP contribution is -2.16. The first kappa shape index (κ1) is 20.9. The summed E-state index contributed by atoms with van der Waals surface area (Å²) in [5.74, 6) is -0.674. The molecule has 0 saturated carbocycles. The maximum Gasteiger partial charge on any atom is 0.281 e. The first-order chi connectivity index (χ1) is 14.1. The van der Waals surface area contributed by atoms with Gasteiger partial charge in [-0.05, 0) is 26.8 Å². The van der Waals surface area contributed by atoms with E-state index in [2.05, 4.69) is 15.5 Å². The Morgan fingerprint density at radius 1 is 1.13 bits per heavy atom. The van der Waals surface area contributed by atoms with Crippen LogP contribution in [-0.4, -0.2) is 35.3 Å². The fourth-order valence-corrected chi connectivity index (χ4v) is 2.98. The normalized spacial score (nSPS) is 10.8. The largest absolute Gasteiger partial charge is 0.320 e. The third-order valence-electron chi connectivity index (χ3n) is 4.45. The zero-order valence-corrected chi connectivity index (χ0v) is 16.9. The van der Waals surface area contributed by atoms with E-state index in [-0.39, 0.29) is 23.6 Å². The van der Waals surface area contributed by atoms with Crippen molar-refractivity contribution in [3.63, 3.8) is 0 Å². The van der Waals surface area contributed by atoms with Crippen molar-refractivity contribution in [1.82, 2.24) is 19.6 Å². The predicted molar refractivity (Wildman–Crippen MR) is 107 cm³/mol. The maximum atomic E-state index is 12.5. The number of carbonyl (C=O) groups excluding carboxylic acids is 1. The SMILES string of the molecule is Cc1nn(Cn2ccc(C(=O)Nc3cc([N+](=O)[O-])c(C)c([N+](=O)[O-])c3)n2)c(C)c1Cl. The molecule has 156 valence electrons. The van der Waals surface area contributed by atoms with Crippen LogP contribution < -0.4 is 5.32 Å². The molecule has 0 fully saturated rings. The number of nitro benzene ring substituents is 2. The van der Waals surface area contributed by atoms with Gasteiger partial charge in [0.1, 0.15) is 12.2 Å². The molecule has 30 heavy (non-hydrogen) atoms. The van der Waals surface area contributed by atoms with Crippen molar-refractivity contribution in [2.45, 2.75) is 27.4 Å². The van der Waals surface area contributed by atoms with Gasteiger partial charge < -0.3 is 5.32 Å². The Morgan fingerprint density at radius 2 is 1.73 bits per heavy atom. The van der Waals surface area contributed by atoms with E-state index >= 15 is 0 Å². The van der Waals surface area contributed by atoms with Crippen molar-refractivity contribution in [3.8, 4) is 0 Å². The van der Waals surface area contributed by atoms with E-state index in [1.807, 2.05) is 0 Å². The number of nitrogens with zero attached hydrogens (tertiary/aromatic N) is 6. The molecule has 1 N–H and O–H groups in total. The van der Waals surface area contributed by atoms with E-state index in [1.165, 1.54) is 17.7 Å². The van der Waals surface area contributed by atoms with E-state index in [0.29, 0.717) is 10.7 Å². The maximum absolute atomic E-state index is 12.5. The second-order valence-corrected chi connectivity index (χ2v) is 6.85. The number of nitrogens with one attached hydrogen (secondary N) is 1. The molecule has 0 spiro atoms. The number of hydrogen-bond acceptors (Lipinski definition) is 7. The lowest BCUT2D eigenvalue weighted by Gasteiger charge is -2.06. The van der Waals surface area contributed by atoms with Crippen LogP contribution in [0.25, 0.3) is 0 Å². The minimum Gasteiger partial charge on any atom is -0.320 e. The molecule has 0 bridgehead atoms. The molecule has 12 nitrogen and oxygen atoms in total. The van der Waals surface area contributed by atoms with Gasteiger partial charge >= 0.3 is 0 Å². The second kappa shape index (κ2) is 7.91. The molecule has 1 amide bonds. The molecule has 0 saturated heterocycles. The summed E-state index contributed by atoms with van der Waals surface area (Å²) >= 11 is 6.12. The van der Waals surface area contributed by atoms with Crippen LogP contribution in [0.2, 0.25) is 5.02 Å². The molecule has 3 aromatic rings. The summed E-state index contributed by atoms with van der Waals surface area (Å²) in [6.07, 6.45) is 1.55. The number of aryl methyl sites for hydroxylation is 1. The zero-order valence-electron chi connectivity index (χ0n) is 16.1. The summed E-state index contributed by atoms with van der Waals surface area (Å²) in [5.41, 5.74) is 0.322. The first-order valence-corrected chi connectivity index (χ1v) is 8.94.